The van der Waals surface area contributed by atoms with E-state index in [1.165, 1.54) is 12.1 Å². The molecule has 1 aromatic carbocycles. The Bertz CT molecular complexity index is 393. The average Bonchev–Trinajstić information content (AvgIpc) is 2.08. The van der Waals surface area contributed by atoms with Crippen LogP contribution in [0.25, 0.3) is 0 Å². The molecule has 0 aliphatic carbocycles. The maximum absolute atomic E-state index is 10.8. The summed E-state index contributed by atoms with van der Waals surface area (Å²) in [6.07, 6.45) is 1.41. The molecule has 1 amide bonds. The predicted molar refractivity (Wildman–Crippen MR) is 47.5 cm³/mol. The van der Waals surface area contributed by atoms with Crippen molar-refractivity contribution in [2.24, 2.45) is 10.7 Å². The number of hydrogen-bond donors (Lipinski definition) is 1. The van der Waals surface area contributed by atoms with Gasteiger partial charge in [-0.25, -0.2) is 4.79 Å². The molecular formula is C9H8N2O2. The van der Waals surface area contributed by atoms with Crippen molar-refractivity contribution in [2.75, 3.05) is 0 Å². The van der Waals surface area contributed by atoms with Gasteiger partial charge in [0.05, 0.1) is 5.69 Å². The van der Waals surface area contributed by atoms with Gasteiger partial charge in [0.15, 0.2) is 0 Å². The minimum absolute atomic E-state index is 0.333. The maximum atomic E-state index is 10.8. The van der Waals surface area contributed by atoms with E-state index in [1.807, 2.05) is 0 Å². The lowest BCUT2D eigenvalue weighted by atomic mass is 10.1. The number of primary amides is 1. The Morgan fingerprint density at radius 2 is 2.23 bits per heavy atom. The highest BCUT2D eigenvalue weighted by Crippen LogP contribution is 2.18. The van der Waals surface area contributed by atoms with Gasteiger partial charge in [-0.1, -0.05) is 6.07 Å². The minimum Gasteiger partial charge on any atom is -0.366 e. The lowest BCUT2D eigenvalue weighted by molar-refractivity contribution is 0.100. The Labute approximate surface area is 75.1 Å². The van der Waals surface area contributed by atoms with Crippen LogP contribution in [0.1, 0.15) is 15.9 Å². The van der Waals surface area contributed by atoms with Crippen molar-refractivity contribution < 1.29 is 9.59 Å². The molecule has 0 aliphatic heterocycles. The molecule has 0 radical (unpaired) electrons. The van der Waals surface area contributed by atoms with Gasteiger partial charge in [-0.3, -0.25) is 4.79 Å². The van der Waals surface area contributed by atoms with E-state index in [-0.39, 0.29) is 0 Å². The number of carbonyl (C=O) groups excluding carboxylic acids is 2. The molecule has 0 spiro atoms. The molecule has 0 heterocycles. The van der Waals surface area contributed by atoms with Crippen molar-refractivity contribution in [3.05, 3.63) is 29.3 Å². The third kappa shape index (κ3) is 2.01. The first-order valence-electron chi connectivity index (χ1n) is 3.63. The highest BCUT2D eigenvalue weighted by atomic mass is 16.1. The lowest BCUT2D eigenvalue weighted by Crippen LogP contribution is -2.10. The van der Waals surface area contributed by atoms with Gasteiger partial charge in [0.25, 0.3) is 0 Å². The van der Waals surface area contributed by atoms with Crippen molar-refractivity contribution in [1.29, 1.82) is 0 Å². The van der Waals surface area contributed by atoms with E-state index >= 15 is 0 Å². The molecule has 1 aromatic rings. The molecule has 0 aromatic heterocycles. The summed E-state index contributed by atoms with van der Waals surface area (Å²) >= 11 is 0. The molecule has 0 atom stereocenters. The molecule has 1 rings (SSSR count). The second kappa shape index (κ2) is 3.65. The molecule has 13 heavy (non-hydrogen) atoms. The van der Waals surface area contributed by atoms with E-state index in [9.17, 15) is 9.59 Å². The van der Waals surface area contributed by atoms with Gasteiger partial charge in [0.1, 0.15) is 0 Å². The van der Waals surface area contributed by atoms with Crippen LogP contribution in [0.3, 0.4) is 0 Å². The molecule has 66 valence electrons. The Kier molecular flexibility index (Phi) is 2.57. The topological polar surface area (TPSA) is 72.5 Å². The first-order chi connectivity index (χ1) is 6.15. The fraction of sp³-hybridized carbons (Fsp3) is 0.111. The fourth-order valence-electron chi connectivity index (χ4n) is 0.932. The van der Waals surface area contributed by atoms with E-state index in [0.29, 0.717) is 11.3 Å². The molecule has 0 saturated heterocycles. The summed E-state index contributed by atoms with van der Waals surface area (Å²) in [6.45, 7) is 1.78. The zero-order valence-electron chi connectivity index (χ0n) is 7.07. The Morgan fingerprint density at radius 3 is 2.77 bits per heavy atom. The summed E-state index contributed by atoms with van der Waals surface area (Å²) < 4.78 is 0. The Morgan fingerprint density at radius 1 is 1.54 bits per heavy atom. The van der Waals surface area contributed by atoms with Crippen LogP contribution in [0.5, 0.6) is 0 Å². The van der Waals surface area contributed by atoms with Crippen molar-refractivity contribution >= 4 is 17.7 Å². The highest BCUT2D eigenvalue weighted by Gasteiger charge is 2.03. The van der Waals surface area contributed by atoms with E-state index in [2.05, 4.69) is 4.99 Å². The van der Waals surface area contributed by atoms with E-state index in [0.717, 1.165) is 5.56 Å². The molecule has 0 saturated carbocycles. The molecule has 2 N–H and O–H groups in total. The first-order valence-corrected chi connectivity index (χ1v) is 3.63. The summed E-state index contributed by atoms with van der Waals surface area (Å²) in [5.74, 6) is -0.539. The van der Waals surface area contributed by atoms with Gasteiger partial charge in [-0.2, -0.15) is 4.99 Å². The number of amides is 1. The van der Waals surface area contributed by atoms with Crippen LogP contribution in [-0.4, -0.2) is 12.0 Å². The summed E-state index contributed by atoms with van der Waals surface area (Å²) in [6, 6.07) is 4.72. The second-order valence-corrected chi connectivity index (χ2v) is 2.57. The zero-order chi connectivity index (χ0) is 9.84. The predicted octanol–water partition coefficient (Wildman–Crippen LogP) is 1.06. The first kappa shape index (κ1) is 9.16. The quantitative estimate of drug-likeness (QED) is 0.540. The number of benzene rings is 1. The van der Waals surface area contributed by atoms with Gasteiger partial charge >= 0.3 is 0 Å². The number of nitrogens with two attached hydrogens (primary N) is 1. The molecular weight excluding hydrogens is 168 g/mol. The fourth-order valence-corrected chi connectivity index (χ4v) is 0.932. The van der Waals surface area contributed by atoms with Gasteiger partial charge in [0, 0.05) is 5.56 Å². The standard InChI is InChI=1S/C9H8N2O2/c1-6-2-3-7(9(10)13)4-8(6)11-5-12/h2-4H,1H3,(H2,10,13). The minimum atomic E-state index is -0.539. The number of aryl methyl sites for hydroxylation is 1. The summed E-state index contributed by atoms with van der Waals surface area (Å²) in [7, 11) is 0. The highest BCUT2D eigenvalue weighted by molar-refractivity contribution is 5.93. The number of isocyanates is 1. The van der Waals surface area contributed by atoms with E-state index < -0.39 is 5.91 Å². The smallest absolute Gasteiger partial charge is 0.248 e. The number of rotatable bonds is 2. The largest absolute Gasteiger partial charge is 0.366 e. The molecule has 0 bridgehead atoms. The second-order valence-electron chi connectivity index (χ2n) is 2.57. The zero-order valence-corrected chi connectivity index (χ0v) is 7.07. The van der Waals surface area contributed by atoms with Gasteiger partial charge < -0.3 is 5.73 Å². The molecule has 0 aliphatic rings. The lowest BCUT2D eigenvalue weighted by Gasteiger charge is -1.99. The van der Waals surface area contributed by atoms with Crippen molar-refractivity contribution in [3.63, 3.8) is 0 Å². The summed E-state index contributed by atoms with van der Waals surface area (Å²) in [5, 5.41) is 0. The van der Waals surface area contributed by atoms with Gasteiger partial charge in [-0.05, 0) is 24.6 Å². The maximum Gasteiger partial charge on any atom is 0.248 e. The molecule has 0 fully saturated rings. The monoisotopic (exact) mass is 176 g/mol. The van der Waals surface area contributed by atoms with E-state index in [1.54, 1.807) is 19.1 Å². The van der Waals surface area contributed by atoms with Crippen LogP contribution >= 0.6 is 0 Å². The molecule has 4 nitrogen and oxygen atoms in total. The van der Waals surface area contributed by atoms with Crippen molar-refractivity contribution in [2.45, 2.75) is 6.92 Å². The number of nitrogens with zero attached hydrogens (tertiary/aromatic N) is 1. The van der Waals surface area contributed by atoms with Gasteiger partial charge in [-0.15, -0.1) is 0 Å². The SMILES string of the molecule is Cc1ccc(C(N)=O)cc1N=C=O. The molecule has 4 heteroatoms. The average molecular weight is 176 g/mol. The third-order valence-corrected chi connectivity index (χ3v) is 1.66. The van der Waals surface area contributed by atoms with E-state index in [4.69, 9.17) is 5.73 Å². The van der Waals surface area contributed by atoms with Crippen LogP contribution in [-0.2, 0) is 4.79 Å². The van der Waals surface area contributed by atoms with Gasteiger partial charge in [0.2, 0.25) is 12.0 Å². The third-order valence-electron chi connectivity index (χ3n) is 1.66. The van der Waals surface area contributed by atoms with Crippen LogP contribution in [0.2, 0.25) is 0 Å². The van der Waals surface area contributed by atoms with Crippen molar-refractivity contribution in [3.8, 4) is 0 Å². The number of carbonyl (C=O) groups is 1. The van der Waals surface area contributed by atoms with Crippen molar-refractivity contribution in [1.82, 2.24) is 0 Å². The summed E-state index contributed by atoms with van der Waals surface area (Å²) in [5.41, 5.74) is 6.60. The van der Waals surface area contributed by atoms with Crippen LogP contribution in [0, 0.1) is 6.92 Å². The Balaban J connectivity index is 3.26. The Hall–Kier alpha value is -1.93. The number of aliphatic imine (C=N–C) groups is 1. The molecule has 0 unspecified atom stereocenters. The van der Waals surface area contributed by atoms with Crippen LogP contribution in [0.4, 0.5) is 5.69 Å². The number of hydrogen-bond acceptors (Lipinski definition) is 3. The summed E-state index contributed by atoms with van der Waals surface area (Å²) in [4.78, 5) is 24.2. The van der Waals surface area contributed by atoms with Crippen LogP contribution in [0.15, 0.2) is 23.2 Å². The van der Waals surface area contributed by atoms with Crippen LogP contribution < -0.4 is 5.73 Å². The normalized spacial score (nSPS) is 9.00.